The molecule has 5 heteroatoms. The maximum atomic E-state index is 12.1. The molecule has 0 spiro atoms. The molecule has 0 aliphatic carbocycles. The summed E-state index contributed by atoms with van der Waals surface area (Å²) in [4.78, 5) is 0. The summed E-state index contributed by atoms with van der Waals surface area (Å²) >= 11 is 1.28. The Morgan fingerprint density at radius 2 is 2.20 bits per heavy atom. The van der Waals surface area contributed by atoms with Crippen LogP contribution in [0.2, 0.25) is 0 Å². The lowest BCUT2D eigenvalue weighted by molar-refractivity contribution is 0.197. The quantitative estimate of drug-likeness (QED) is 0.743. The van der Waals surface area contributed by atoms with Crippen molar-refractivity contribution < 1.29 is 13.6 Å². The van der Waals surface area contributed by atoms with Crippen molar-refractivity contribution in [2.24, 2.45) is 0 Å². The van der Waals surface area contributed by atoms with Crippen LogP contribution in [0.1, 0.15) is 13.3 Å². The normalized spacial score (nSPS) is 31.1. The van der Waals surface area contributed by atoms with E-state index in [0.717, 1.165) is 12.2 Å². The molecule has 0 N–H and O–H groups in total. The van der Waals surface area contributed by atoms with Crippen LogP contribution in [0.3, 0.4) is 0 Å². The highest BCUT2D eigenvalue weighted by Gasteiger charge is 2.33. The molecular formula is C10H13O3PS. The van der Waals surface area contributed by atoms with Crippen LogP contribution in [-0.2, 0) is 9.09 Å². The molecule has 1 aliphatic heterocycles. The summed E-state index contributed by atoms with van der Waals surface area (Å²) in [5.41, 5.74) is 0. The Hall–Kier alpha value is -0.440. The van der Waals surface area contributed by atoms with Crippen molar-refractivity contribution in [2.75, 3.05) is 5.75 Å². The summed E-state index contributed by atoms with van der Waals surface area (Å²) in [6.45, 7) is -1.06. The van der Waals surface area contributed by atoms with Gasteiger partial charge in [-0.15, -0.1) is 0 Å². The molecule has 1 aromatic rings. The van der Waals surface area contributed by atoms with Crippen LogP contribution in [-0.4, -0.2) is 11.9 Å². The van der Waals surface area contributed by atoms with E-state index in [1.54, 1.807) is 12.1 Å². The zero-order chi connectivity index (χ0) is 10.7. The fraction of sp³-hybridized carbons (Fsp3) is 0.400. The zero-order valence-electron chi connectivity index (χ0n) is 8.46. The molecule has 0 bridgehead atoms. The summed E-state index contributed by atoms with van der Waals surface area (Å²) in [6.07, 6.45) is 0.938. The van der Waals surface area contributed by atoms with Gasteiger partial charge >= 0.3 is 6.80 Å². The van der Waals surface area contributed by atoms with Crippen molar-refractivity contribution >= 4 is 18.2 Å². The van der Waals surface area contributed by atoms with Crippen LogP contribution < -0.4 is 4.52 Å². The molecule has 2 rings (SSSR count). The van der Waals surface area contributed by atoms with Gasteiger partial charge in [-0.1, -0.05) is 18.2 Å². The first kappa shape index (κ1) is 11.1. The first-order valence-corrected chi connectivity index (χ1v) is 7.99. The van der Waals surface area contributed by atoms with Gasteiger partial charge < -0.3 is 4.52 Å². The van der Waals surface area contributed by atoms with E-state index in [1.165, 1.54) is 11.4 Å². The van der Waals surface area contributed by atoms with Crippen LogP contribution in [0.4, 0.5) is 0 Å². The molecular weight excluding hydrogens is 231 g/mol. The highest BCUT2D eigenvalue weighted by Crippen LogP contribution is 2.63. The number of hydrogen-bond acceptors (Lipinski definition) is 4. The van der Waals surface area contributed by atoms with Gasteiger partial charge in [-0.3, -0.25) is 4.52 Å². The van der Waals surface area contributed by atoms with E-state index in [0.29, 0.717) is 5.75 Å². The van der Waals surface area contributed by atoms with Crippen molar-refractivity contribution in [1.29, 1.82) is 0 Å². The Kier molecular flexibility index (Phi) is 3.39. The SMILES string of the molecule is C[C@@H]1CCS[P@@](=O)(Oc2ccccc2)O1. The standard InChI is InChI=1S/C10H13O3PS/c1-9-7-8-15-14(11,12-9)13-10-5-3-2-4-6-10/h2-6,9H,7-8H2,1H3/t9-,14-/m1/s1. The van der Waals surface area contributed by atoms with Gasteiger partial charge in [-0.2, -0.15) is 0 Å². The van der Waals surface area contributed by atoms with E-state index in [1.807, 2.05) is 25.1 Å². The Bertz CT molecular complexity index is 368. The number of para-hydroxylation sites is 1. The largest absolute Gasteiger partial charge is 0.440 e. The van der Waals surface area contributed by atoms with E-state index in [9.17, 15) is 4.57 Å². The minimum Gasteiger partial charge on any atom is -0.417 e. The van der Waals surface area contributed by atoms with Gasteiger partial charge in [-0.25, -0.2) is 4.57 Å². The average molecular weight is 244 g/mol. The van der Waals surface area contributed by atoms with Gasteiger partial charge in [0.1, 0.15) is 5.75 Å². The topological polar surface area (TPSA) is 35.5 Å². The second-order valence-corrected chi connectivity index (χ2v) is 7.46. The smallest absolute Gasteiger partial charge is 0.417 e. The molecule has 1 aromatic carbocycles. The fourth-order valence-electron chi connectivity index (χ4n) is 1.29. The minimum absolute atomic E-state index is 0.0146. The monoisotopic (exact) mass is 244 g/mol. The molecule has 1 heterocycles. The molecule has 0 unspecified atom stereocenters. The Labute approximate surface area is 93.4 Å². The van der Waals surface area contributed by atoms with E-state index in [-0.39, 0.29) is 6.10 Å². The molecule has 2 atom stereocenters. The second kappa shape index (κ2) is 4.60. The van der Waals surface area contributed by atoms with Crippen molar-refractivity contribution in [3.05, 3.63) is 30.3 Å². The second-order valence-electron chi connectivity index (χ2n) is 3.39. The molecule has 0 radical (unpaired) electrons. The van der Waals surface area contributed by atoms with Crippen molar-refractivity contribution in [2.45, 2.75) is 19.4 Å². The lowest BCUT2D eigenvalue weighted by Crippen LogP contribution is -2.13. The Morgan fingerprint density at radius 1 is 1.47 bits per heavy atom. The lowest BCUT2D eigenvalue weighted by Gasteiger charge is -2.26. The number of rotatable bonds is 2. The predicted molar refractivity (Wildman–Crippen MR) is 62.3 cm³/mol. The van der Waals surface area contributed by atoms with Gasteiger partial charge in [0.2, 0.25) is 0 Å². The van der Waals surface area contributed by atoms with Crippen LogP contribution in [0.25, 0.3) is 0 Å². The zero-order valence-corrected chi connectivity index (χ0v) is 10.2. The predicted octanol–water partition coefficient (Wildman–Crippen LogP) is 3.72. The molecule has 0 amide bonds. The third-order valence-electron chi connectivity index (χ3n) is 2.04. The molecule has 1 fully saturated rings. The third-order valence-corrected chi connectivity index (χ3v) is 5.81. The average Bonchev–Trinajstić information content (AvgIpc) is 2.18. The van der Waals surface area contributed by atoms with Gasteiger partial charge in [-0.05, 0) is 36.9 Å². The first-order valence-electron chi connectivity index (χ1n) is 4.86. The Balaban J connectivity index is 2.07. The van der Waals surface area contributed by atoms with Crippen LogP contribution in [0.5, 0.6) is 5.75 Å². The van der Waals surface area contributed by atoms with Crippen LogP contribution in [0, 0.1) is 0 Å². The van der Waals surface area contributed by atoms with E-state index < -0.39 is 6.80 Å². The first-order chi connectivity index (χ1) is 7.18. The van der Waals surface area contributed by atoms with Gasteiger partial charge in [0.05, 0.1) is 6.10 Å². The third kappa shape index (κ3) is 3.00. The summed E-state index contributed by atoms with van der Waals surface area (Å²) in [7, 11) is 0. The van der Waals surface area contributed by atoms with E-state index >= 15 is 0 Å². The van der Waals surface area contributed by atoms with E-state index in [4.69, 9.17) is 9.05 Å². The van der Waals surface area contributed by atoms with Gasteiger partial charge in [0.15, 0.2) is 0 Å². The molecule has 1 saturated heterocycles. The summed E-state index contributed by atoms with van der Waals surface area (Å²) in [6, 6.07) is 9.14. The summed E-state index contributed by atoms with van der Waals surface area (Å²) in [5, 5.41) is 0. The maximum absolute atomic E-state index is 12.1. The van der Waals surface area contributed by atoms with Gasteiger partial charge in [0.25, 0.3) is 0 Å². The molecule has 1 aliphatic rings. The fourth-order valence-corrected chi connectivity index (χ4v) is 5.06. The molecule has 15 heavy (non-hydrogen) atoms. The number of benzene rings is 1. The number of hydrogen-bond donors (Lipinski definition) is 0. The van der Waals surface area contributed by atoms with Crippen LogP contribution in [0.15, 0.2) is 30.3 Å². The van der Waals surface area contributed by atoms with Gasteiger partial charge in [0, 0.05) is 5.75 Å². The van der Waals surface area contributed by atoms with Crippen molar-refractivity contribution in [3.63, 3.8) is 0 Å². The molecule has 82 valence electrons. The molecule has 3 nitrogen and oxygen atoms in total. The van der Waals surface area contributed by atoms with Crippen LogP contribution >= 0.6 is 18.2 Å². The van der Waals surface area contributed by atoms with Crippen molar-refractivity contribution in [1.82, 2.24) is 0 Å². The lowest BCUT2D eigenvalue weighted by atomic mass is 10.3. The minimum atomic E-state index is -2.97. The Morgan fingerprint density at radius 3 is 2.87 bits per heavy atom. The van der Waals surface area contributed by atoms with E-state index in [2.05, 4.69) is 0 Å². The summed E-state index contributed by atoms with van der Waals surface area (Å²) < 4.78 is 22.9. The molecule has 0 aromatic heterocycles. The maximum Gasteiger partial charge on any atom is 0.440 e. The van der Waals surface area contributed by atoms with Crippen molar-refractivity contribution in [3.8, 4) is 5.75 Å². The highest BCUT2D eigenvalue weighted by atomic mass is 32.7. The molecule has 0 saturated carbocycles. The summed E-state index contributed by atoms with van der Waals surface area (Å²) in [5.74, 6) is 1.42. The highest BCUT2D eigenvalue weighted by molar-refractivity contribution is 8.55.